The zero-order valence-corrected chi connectivity index (χ0v) is 23.1. The summed E-state index contributed by atoms with van der Waals surface area (Å²) in [6.45, 7) is 2.78. The normalized spacial score (nSPS) is 11.7. The van der Waals surface area contributed by atoms with Crippen LogP contribution in [0.15, 0.2) is 72.8 Å². The Bertz CT molecular complexity index is 1160. The van der Waals surface area contributed by atoms with Crippen LogP contribution >= 0.6 is 46.6 Å². The van der Waals surface area contributed by atoms with E-state index >= 15 is 0 Å². The number of nitrogens with one attached hydrogen (secondary N) is 1. The minimum atomic E-state index is -0.673. The molecule has 0 fully saturated rings. The molecule has 0 saturated heterocycles. The predicted octanol–water partition coefficient (Wildman–Crippen LogP) is 7.05. The monoisotopic (exact) mass is 562 g/mol. The lowest BCUT2D eigenvalue weighted by Gasteiger charge is -2.31. The summed E-state index contributed by atoms with van der Waals surface area (Å²) in [5, 5.41) is 4.49. The van der Waals surface area contributed by atoms with Gasteiger partial charge in [-0.25, -0.2) is 0 Å². The maximum absolute atomic E-state index is 13.6. The van der Waals surface area contributed by atoms with Crippen molar-refractivity contribution in [2.24, 2.45) is 0 Å². The van der Waals surface area contributed by atoms with Crippen molar-refractivity contribution in [3.63, 3.8) is 0 Å². The lowest BCUT2D eigenvalue weighted by atomic mass is 10.0. The fourth-order valence-corrected chi connectivity index (χ4v) is 5.11. The molecule has 0 aliphatic heterocycles. The molecule has 0 spiro atoms. The van der Waals surface area contributed by atoms with Gasteiger partial charge in [0.25, 0.3) is 0 Å². The number of rotatable bonds is 12. The van der Waals surface area contributed by atoms with Gasteiger partial charge < -0.3 is 10.2 Å². The van der Waals surface area contributed by atoms with Gasteiger partial charge in [0.2, 0.25) is 11.8 Å². The van der Waals surface area contributed by atoms with Crippen LogP contribution in [0, 0.1) is 0 Å². The zero-order valence-electron chi connectivity index (χ0n) is 20.1. The first kappa shape index (κ1) is 28.4. The second-order valence-corrected chi connectivity index (χ2v) is 10.6. The molecule has 0 aliphatic rings. The van der Waals surface area contributed by atoms with Crippen molar-refractivity contribution in [2.45, 2.75) is 38.1 Å². The van der Waals surface area contributed by atoms with Crippen LogP contribution in [0.1, 0.15) is 30.0 Å². The molecule has 4 nitrogen and oxygen atoms in total. The van der Waals surface area contributed by atoms with Gasteiger partial charge in [0, 0.05) is 30.3 Å². The van der Waals surface area contributed by atoms with E-state index in [0.29, 0.717) is 33.8 Å². The number of halogens is 3. The molecule has 0 unspecified atom stereocenters. The molecular formula is C28H29Cl3N2O2S. The third kappa shape index (κ3) is 8.74. The molecule has 1 N–H and O–H groups in total. The first-order chi connectivity index (χ1) is 17.4. The van der Waals surface area contributed by atoms with E-state index in [-0.39, 0.29) is 24.1 Å². The Labute approximate surface area is 232 Å². The van der Waals surface area contributed by atoms with Crippen LogP contribution in [-0.4, -0.2) is 35.1 Å². The van der Waals surface area contributed by atoms with Gasteiger partial charge in [-0.1, -0.05) is 90.3 Å². The second-order valence-electron chi connectivity index (χ2n) is 8.39. The van der Waals surface area contributed by atoms with Crippen LogP contribution in [0.2, 0.25) is 15.1 Å². The van der Waals surface area contributed by atoms with Crippen LogP contribution in [0.3, 0.4) is 0 Å². The molecule has 36 heavy (non-hydrogen) atoms. The van der Waals surface area contributed by atoms with E-state index in [1.54, 1.807) is 17.0 Å². The van der Waals surface area contributed by atoms with E-state index in [4.69, 9.17) is 34.8 Å². The van der Waals surface area contributed by atoms with Crippen molar-refractivity contribution in [3.8, 4) is 0 Å². The summed E-state index contributed by atoms with van der Waals surface area (Å²) in [6, 6.07) is 21.9. The van der Waals surface area contributed by atoms with E-state index in [1.165, 1.54) is 11.8 Å². The summed E-state index contributed by atoms with van der Waals surface area (Å²) in [7, 11) is 0. The molecule has 0 aromatic heterocycles. The summed E-state index contributed by atoms with van der Waals surface area (Å²) in [6.07, 6.45) is 1.21. The molecule has 0 radical (unpaired) electrons. The van der Waals surface area contributed by atoms with Gasteiger partial charge in [-0.05, 0) is 47.4 Å². The lowest BCUT2D eigenvalue weighted by Crippen LogP contribution is -2.51. The second kappa shape index (κ2) is 14.5. The Kier molecular flexibility index (Phi) is 11.5. The smallest absolute Gasteiger partial charge is 0.243 e. The number of hydrogen-bond acceptors (Lipinski definition) is 3. The van der Waals surface area contributed by atoms with Crippen LogP contribution in [0.25, 0.3) is 0 Å². The Morgan fingerprint density at radius 1 is 0.889 bits per heavy atom. The number of thioether (sulfide) groups is 1. The molecule has 0 saturated carbocycles. The van der Waals surface area contributed by atoms with Crippen LogP contribution in [0.5, 0.6) is 0 Å². The van der Waals surface area contributed by atoms with E-state index in [0.717, 1.165) is 23.1 Å². The van der Waals surface area contributed by atoms with Crippen molar-refractivity contribution < 1.29 is 9.59 Å². The van der Waals surface area contributed by atoms with Gasteiger partial charge in [0.1, 0.15) is 6.04 Å². The molecule has 3 aromatic rings. The van der Waals surface area contributed by atoms with E-state index in [2.05, 4.69) is 5.32 Å². The zero-order chi connectivity index (χ0) is 25.9. The SMILES string of the molecule is CCCNC(=O)[C@H](Cc1ccccc1)N(Cc1ccc(Cl)c(Cl)c1)C(=O)CSCc1cccc(Cl)c1. The number of benzene rings is 3. The third-order valence-corrected chi connectivity index (χ3v) is 7.50. The molecule has 8 heteroatoms. The Morgan fingerprint density at radius 3 is 2.33 bits per heavy atom. The molecular weight excluding hydrogens is 535 g/mol. The third-order valence-electron chi connectivity index (χ3n) is 5.54. The van der Waals surface area contributed by atoms with Crippen LogP contribution in [0.4, 0.5) is 0 Å². The Morgan fingerprint density at radius 2 is 1.64 bits per heavy atom. The number of nitrogens with zero attached hydrogens (tertiary/aromatic N) is 1. The van der Waals surface area contributed by atoms with Gasteiger partial charge >= 0.3 is 0 Å². The molecule has 2 amide bonds. The quantitative estimate of drug-likeness (QED) is 0.257. The van der Waals surface area contributed by atoms with E-state index in [9.17, 15) is 9.59 Å². The van der Waals surface area contributed by atoms with Crippen LogP contribution in [-0.2, 0) is 28.3 Å². The summed E-state index contributed by atoms with van der Waals surface area (Å²) in [5.74, 6) is 0.563. The number of carbonyl (C=O) groups is 2. The fraction of sp³-hybridized carbons (Fsp3) is 0.286. The highest BCUT2D eigenvalue weighted by atomic mass is 35.5. The lowest BCUT2D eigenvalue weighted by molar-refractivity contribution is -0.139. The Hall–Kier alpha value is -2.18. The predicted molar refractivity (Wildman–Crippen MR) is 152 cm³/mol. The van der Waals surface area contributed by atoms with Crippen molar-refractivity contribution in [3.05, 3.63) is 105 Å². The van der Waals surface area contributed by atoms with E-state index < -0.39 is 6.04 Å². The largest absolute Gasteiger partial charge is 0.354 e. The minimum Gasteiger partial charge on any atom is -0.354 e. The van der Waals surface area contributed by atoms with Gasteiger partial charge in [-0.15, -0.1) is 11.8 Å². The average Bonchev–Trinajstić information content (AvgIpc) is 2.87. The molecule has 3 rings (SSSR count). The highest BCUT2D eigenvalue weighted by Crippen LogP contribution is 2.25. The standard InChI is InChI=1S/C28H29Cl3N2O2S/c1-2-13-32-28(35)26(16-20-7-4-3-5-8-20)33(17-21-11-12-24(30)25(31)15-21)27(34)19-36-18-22-9-6-10-23(29)14-22/h3-12,14-15,26H,2,13,16-19H2,1H3,(H,32,35)/t26-/m0/s1. The molecule has 0 aliphatic carbocycles. The first-order valence-electron chi connectivity index (χ1n) is 11.7. The van der Waals surface area contributed by atoms with Crippen molar-refractivity contribution >= 4 is 58.4 Å². The maximum Gasteiger partial charge on any atom is 0.243 e. The van der Waals surface area contributed by atoms with Gasteiger partial charge in [0.15, 0.2) is 0 Å². The van der Waals surface area contributed by atoms with Gasteiger partial charge in [0.05, 0.1) is 15.8 Å². The van der Waals surface area contributed by atoms with Crippen molar-refractivity contribution in [2.75, 3.05) is 12.3 Å². The minimum absolute atomic E-state index is 0.124. The molecule has 3 aromatic carbocycles. The molecule has 190 valence electrons. The fourth-order valence-electron chi connectivity index (χ4n) is 3.72. The van der Waals surface area contributed by atoms with Gasteiger partial charge in [-0.2, -0.15) is 0 Å². The highest BCUT2D eigenvalue weighted by molar-refractivity contribution is 7.99. The number of hydrogen-bond donors (Lipinski definition) is 1. The summed E-state index contributed by atoms with van der Waals surface area (Å²) in [5.41, 5.74) is 2.82. The van der Waals surface area contributed by atoms with E-state index in [1.807, 2.05) is 67.6 Å². The Balaban J connectivity index is 1.85. The van der Waals surface area contributed by atoms with Gasteiger partial charge in [-0.3, -0.25) is 9.59 Å². The van der Waals surface area contributed by atoms with Crippen LogP contribution < -0.4 is 5.32 Å². The highest BCUT2D eigenvalue weighted by Gasteiger charge is 2.30. The van der Waals surface area contributed by atoms with Crippen molar-refractivity contribution in [1.82, 2.24) is 10.2 Å². The summed E-state index contributed by atoms with van der Waals surface area (Å²) < 4.78 is 0. The first-order valence-corrected chi connectivity index (χ1v) is 14.0. The summed E-state index contributed by atoms with van der Waals surface area (Å²) in [4.78, 5) is 28.6. The number of carbonyl (C=O) groups excluding carboxylic acids is 2. The topological polar surface area (TPSA) is 49.4 Å². The number of amides is 2. The maximum atomic E-state index is 13.6. The van der Waals surface area contributed by atoms with Crippen molar-refractivity contribution in [1.29, 1.82) is 0 Å². The average molecular weight is 564 g/mol. The molecule has 0 bridgehead atoms. The summed E-state index contributed by atoms with van der Waals surface area (Å²) >= 11 is 19.9. The molecule has 1 atom stereocenters. The molecule has 0 heterocycles.